The van der Waals surface area contributed by atoms with Crippen molar-refractivity contribution >= 4 is 40.9 Å². The predicted molar refractivity (Wildman–Crippen MR) is 235 cm³/mol. The van der Waals surface area contributed by atoms with Crippen LogP contribution in [0.15, 0.2) is 65.6 Å². The van der Waals surface area contributed by atoms with Crippen molar-refractivity contribution in [1.29, 1.82) is 0 Å². The lowest BCUT2D eigenvalue weighted by Gasteiger charge is -2.62. The van der Waals surface area contributed by atoms with Gasteiger partial charge in [-0.1, -0.05) is 62.9 Å². The molecule has 60 heavy (non-hydrogen) atoms. The zero-order chi connectivity index (χ0) is 43.2. The van der Waals surface area contributed by atoms with Crippen LogP contribution in [0, 0.1) is 29.1 Å². The van der Waals surface area contributed by atoms with Crippen LogP contribution in [0.5, 0.6) is 5.75 Å². The summed E-state index contributed by atoms with van der Waals surface area (Å²) >= 11 is 1.64. The van der Waals surface area contributed by atoms with Crippen molar-refractivity contribution < 1.29 is 34.2 Å². The molecule has 3 aliphatic carbocycles. The molecule has 3 aromatic carbocycles. The Kier molecular flexibility index (Phi) is 12.8. The molecule has 324 valence electrons. The Balaban J connectivity index is 1.15. The number of hydroxylamine groups is 2. The molecule has 13 nitrogen and oxygen atoms in total. The first kappa shape index (κ1) is 43.7. The van der Waals surface area contributed by atoms with Crippen molar-refractivity contribution in [3.63, 3.8) is 0 Å². The molecular formula is C46H62N6O7S. The van der Waals surface area contributed by atoms with Gasteiger partial charge in [0, 0.05) is 79.5 Å². The molecule has 5 aliphatic rings. The van der Waals surface area contributed by atoms with E-state index in [0.29, 0.717) is 52.2 Å². The second kappa shape index (κ2) is 17.6. The smallest absolute Gasteiger partial charge is 0.252 e. The number of fused-ring (bicyclic) bond motifs is 3. The molecule has 10 atom stereocenters. The van der Waals surface area contributed by atoms with Crippen LogP contribution in [0.3, 0.4) is 0 Å². The monoisotopic (exact) mass is 842 g/mol. The van der Waals surface area contributed by atoms with Crippen molar-refractivity contribution in [2.75, 3.05) is 52.1 Å². The molecule has 3 amide bonds. The summed E-state index contributed by atoms with van der Waals surface area (Å²) in [7, 11) is 8.75. The minimum Gasteiger partial charge on any atom is -0.496 e. The van der Waals surface area contributed by atoms with Crippen LogP contribution >= 0.6 is 11.8 Å². The number of hydrogen-bond donors (Lipinski definition) is 5. The molecule has 2 aliphatic heterocycles. The molecule has 0 spiro atoms. The van der Waals surface area contributed by atoms with Crippen molar-refractivity contribution in [2.24, 2.45) is 29.1 Å². The molecule has 4 fully saturated rings. The molecule has 1 unspecified atom stereocenters. The Morgan fingerprint density at radius 3 is 2.45 bits per heavy atom. The Morgan fingerprint density at radius 2 is 1.82 bits per heavy atom. The Labute approximate surface area is 358 Å². The summed E-state index contributed by atoms with van der Waals surface area (Å²) in [6.07, 6.45) is 0.758. The van der Waals surface area contributed by atoms with E-state index >= 15 is 0 Å². The first-order valence-corrected chi connectivity index (χ1v) is 22.0. The number of aliphatic hydroxyl groups is 2. The molecule has 5 N–H and O–H groups in total. The third-order valence-electron chi connectivity index (χ3n) is 13.7. The van der Waals surface area contributed by atoms with Gasteiger partial charge < -0.3 is 40.7 Å². The van der Waals surface area contributed by atoms with Gasteiger partial charge in [0.1, 0.15) is 23.9 Å². The van der Waals surface area contributed by atoms with Crippen molar-refractivity contribution in [1.82, 2.24) is 20.6 Å². The molecule has 0 radical (unpaired) electrons. The Hall–Kier alpha value is -4.34. The molecule has 0 aromatic heterocycles. The summed E-state index contributed by atoms with van der Waals surface area (Å²) in [5.41, 5.74) is 4.55. The highest BCUT2D eigenvalue weighted by Crippen LogP contribution is 2.61. The normalized spacial score (nSPS) is 27.4. The first-order chi connectivity index (χ1) is 28.5. The lowest BCUT2D eigenvalue weighted by atomic mass is 9.45. The second-order valence-electron chi connectivity index (χ2n) is 18.1. The fourth-order valence-corrected chi connectivity index (χ4v) is 11.3. The molecule has 2 bridgehead atoms. The zero-order valence-corrected chi connectivity index (χ0v) is 37.1. The largest absolute Gasteiger partial charge is 0.496 e. The van der Waals surface area contributed by atoms with E-state index in [4.69, 9.17) is 9.57 Å². The van der Waals surface area contributed by atoms with Crippen LogP contribution in [0.25, 0.3) is 11.1 Å². The number of amides is 3. The number of carbonyl (C=O) groups excluding carboxylic acids is 3. The quantitative estimate of drug-likeness (QED) is 0.145. The molecule has 3 aromatic rings. The SMILES string of the molecule is COc1c(CN2O[C@@H](CO)[C@@H]([C@H](C)O)[C@H]2C(=O)N[C@H]2C[C@H]3C[C@@H]([C@@H]2C)C3(C)C)cccc1-c1cc(C(=O)N[C@H](CC2Nc3ccccc3S2)C(=O)N(C)C)cc(N(C)C)c1. The topological polar surface area (TPSA) is 156 Å². The van der Waals surface area contributed by atoms with Gasteiger partial charge in [-0.15, -0.1) is 0 Å². The van der Waals surface area contributed by atoms with Gasteiger partial charge in [-0.05, 0) is 78.8 Å². The van der Waals surface area contributed by atoms with Crippen LogP contribution in [-0.2, 0) is 21.0 Å². The lowest BCUT2D eigenvalue weighted by molar-refractivity contribution is -0.183. The van der Waals surface area contributed by atoms with E-state index < -0.39 is 30.2 Å². The Bertz CT molecular complexity index is 2050. The number of rotatable bonds is 14. The number of carbonyl (C=O) groups is 3. The number of methoxy groups -OCH3 is 1. The van der Waals surface area contributed by atoms with E-state index in [9.17, 15) is 24.6 Å². The van der Waals surface area contributed by atoms with E-state index in [-0.39, 0.29) is 47.7 Å². The van der Waals surface area contributed by atoms with Crippen LogP contribution in [0.2, 0.25) is 0 Å². The third-order valence-corrected chi connectivity index (χ3v) is 14.9. The standard InChI is InChI=1S/C46H62N6O7S/c1-25-33-20-30(46(33,3)4)21-35(25)48-44(56)41-40(26(2)54)37(24-53)59-52(41)23-27-13-12-14-32(42(27)58-9)28-17-29(19-31(18-28)50(5)6)43(55)49-36(45(57)51(7)8)22-39-47-34-15-10-11-16-38(34)60-39/h10-19,25-26,30,33,35-37,39-41,47,53-54H,20-24H2,1-9H3,(H,48,56)(H,49,55)/t25-,26-,30+,33-,35-,36+,37-,39?,40+,41-/m0/s1. The number of nitrogens with one attached hydrogen (secondary N) is 3. The minimum atomic E-state index is -0.928. The third kappa shape index (κ3) is 8.46. The van der Waals surface area contributed by atoms with Gasteiger partial charge in [0.25, 0.3) is 5.91 Å². The van der Waals surface area contributed by atoms with Crippen molar-refractivity contribution in [3.8, 4) is 16.9 Å². The summed E-state index contributed by atoms with van der Waals surface area (Å²) in [5.74, 6) is 0.434. The molecule has 8 rings (SSSR count). The summed E-state index contributed by atoms with van der Waals surface area (Å²) in [6.45, 7) is 8.28. The van der Waals surface area contributed by atoms with Gasteiger partial charge in [-0.25, -0.2) is 0 Å². The van der Waals surface area contributed by atoms with Gasteiger partial charge in [-0.2, -0.15) is 5.06 Å². The molecule has 14 heteroatoms. The highest BCUT2D eigenvalue weighted by molar-refractivity contribution is 8.00. The van der Waals surface area contributed by atoms with Gasteiger partial charge in [0.15, 0.2) is 0 Å². The highest BCUT2D eigenvalue weighted by Gasteiger charge is 2.57. The van der Waals surface area contributed by atoms with Crippen LogP contribution in [0.1, 0.15) is 62.9 Å². The average Bonchev–Trinajstić information content (AvgIpc) is 3.81. The molecular weight excluding hydrogens is 781 g/mol. The first-order valence-electron chi connectivity index (χ1n) is 21.1. The summed E-state index contributed by atoms with van der Waals surface area (Å²) in [4.78, 5) is 52.8. The predicted octanol–water partition coefficient (Wildman–Crippen LogP) is 5.21. The zero-order valence-electron chi connectivity index (χ0n) is 36.3. The number of benzene rings is 3. The fourth-order valence-electron chi connectivity index (χ4n) is 10.1. The van der Waals surface area contributed by atoms with E-state index in [1.54, 1.807) is 57.1 Å². The van der Waals surface area contributed by atoms with Gasteiger partial charge >= 0.3 is 0 Å². The number of likely N-dealkylation sites (N-methyl/N-ethyl adjacent to an activating group) is 1. The van der Waals surface area contributed by atoms with E-state index in [0.717, 1.165) is 22.7 Å². The Morgan fingerprint density at radius 1 is 1.07 bits per heavy atom. The number of anilines is 2. The van der Waals surface area contributed by atoms with E-state index in [1.807, 2.05) is 67.5 Å². The van der Waals surface area contributed by atoms with Crippen LogP contribution < -0.4 is 25.6 Å². The minimum absolute atomic E-state index is 0.0128. The highest BCUT2D eigenvalue weighted by atomic mass is 32.2. The fraction of sp³-hybridized carbons (Fsp3) is 0.543. The summed E-state index contributed by atoms with van der Waals surface area (Å²) < 4.78 is 6.11. The number of aliphatic hydroxyl groups excluding tert-OH is 2. The number of hydrogen-bond acceptors (Lipinski definition) is 11. The summed E-state index contributed by atoms with van der Waals surface area (Å²) in [6, 6.07) is 17.6. The number of para-hydroxylation sites is 2. The molecule has 1 saturated heterocycles. The lowest BCUT2D eigenvalue weighted by Crippen LogP contribution is -2.62. The maximum Gasteiger partial charge on any atom is 0.252 e. The molecule has 2 heterocycles. The summed E-state index contributed by atoms with van der Waals surface area (Å²) in [5, 5.41) is 32.8. The van der Waals surface area contributed by atoms with E-state index in [2.05, 4.69) is 36.7 Å². The number of nitrogens with zero attached hydrogens (tertiary/aromatic N) is 3. The maximum absolute atomic E-state index is 14.3. The van der Waals surface area contributed by atoms with Gasteiger partial charge in [0.2, 0.25) is 11.8 Å². The second-order valence-corrected chi connectivity index (χ2v) is 19.4. The number of ether oxygens (including phenoxy) is 1. The van der Waals surface area contributed by atoms with Gasteiger partial charge in [-0.3, -0.25) is 19.2 Å². The van der Waals surface area contributed by atoms with E-state index in [1.165, 1.54) is 11.3 Å². The maximum atomic E-state index is 14.3. The molecule has 3 saturated carbocycles. The van der Waals surface area contributed by atoms with Gasteiger partial charge in [0.05, 0.1) is 31.7 Å². The van der Waals surface area contributed by atoms with Crippen LogP contribution in [0.4, 0.5) is 11.4 Å². The van der Waals surface area contributed by atoms with Crippen molar-refractivity contribution in [2.45, 2.75) is 94.1 Å². The van der Waals surface area contributed by atoms with Crippen molar-refractivity contribution in [3.05, 3.63) is 71.8 Å². The number of thioether (sulfide) groups is 1. The van der Waals surface area contributed by atoms with Crippen LogP contribution in [-0.4, -0.2) is 116 Å². The average molecular weight is 843 g/mol.